The van der Waals surface area contributed by atoms with Gasteiger partial charge in [-0.15, -0.1) is 0 Å². The third-order valence-corrected chi connectivity index (χ3v) is 4.28. The molecule has 13 heavy (non-hydrogen) atoms. The van der Waals surface area contributed by atoms with Crippen LogP contribution in [0.25, 0.3) is 0 Å². The highest BCUT2D eigenvalue weighted by Crippen LogP contribution is 2.42. The van der Waals surface area contributed by atoms with Crippen molar-refractivity contribution in [3.63, 3.8) is 0 Å². The molecule has 0 spiro atoms. The van der Waals surface area contributed by atoms with E-state index in [1.165, 1.54) is 38.5 Å². The highest BCUT2D eigenvalue weighted by Gasteiger charge is 2.33. The van der Waals surface area contributed by atoms with Crippen molar-refractivity contribution in [2.75, 3.05) is 7.05 Å². The zero-order valence-electron chi connectivity index (χ0n) is 9.05. The SMILES string of the molecule is CNC1CCC2C[C@H](C)CCC2C1. The van der Waals surface area contributed by atoms with Crippen LogP contribution in [-0.4, -0.2) is 13.1 Å². The molecular weight excluding hydrogens is 158 g/mol. The van der Waals surface area contributed by atoms with Crippen LogP contribution in [0.4, 0.5) is 0 Å². The molecular formula is C12H23N. The van der Waals surface area contributed by atoms with E-state index in [4.69, 9.17) is 0 Å². The zero-order valence-corrected chi connectivity index (χ0v) is 9.05. The lowest BCUT2D eigenvalue weighted by Crippen LogP contribution is -2.38. The van der Waals surface area contributed by atoms with Crippen LogP contribution in [0.5, 0.6) is 0 Å². The average molecular weight is 181 g/mol. The predicted octanol–water partition coefficient (Wildman–Crippen LogP) is 2.81. The molecule has 2 rings (SSSR count). The first-order valence-corrected chi connectivity index (χ1v) is 5.97. The van der Waals surface area contributed by atoms with Crippen molar-refractivity contribution >= 4 is 0 Å². The molecule has 76 valence electrons. The molecule has 0 radical (unpaired) electrons. The summed E-state index contributed by atoms with van der Waals surface area (Å²) >= 11 is 0. The van der Waals surface area contributed by atoms with E-state index in [9.17, 15) is 0 Å². The average Bonchev–Trinajstić information content (AvgIpc) is 2.17. The van der Waals surface area contributed by atoms with Crippen LogP contribution in [0.15, 0.2) is 0 Å². The summed E-state index contributed by atoms with van der Waals surface area (Å²) in [7, 11) is 2.12. The van der Waals surface area contributed by atoms with Crippen LogP contribution in [0, 0.1) is 17.8 Å². The Morgan fingerprint density at radius 3 is 2.38 bits per heavy atom. The first-order chi connectivity index (χ1) is 6.29. The molecule has 2 aliphatic carbocycles. The maximum Gasteiger partial charge on any atom is 0.00669 e. The molecule has 4 atom stereocenters. The van der Waals surface area contributed by atoms with Crippen LogP contribution in [-0.2, 0) is 0 Å². The van der Waals surface area contributed by atoms with Gasteiger partial charge in [-0.2, -0.15) is 0 Å². The molecule has 1 heteroatoms. The first-order valence-electron chi connectivity index (χ1n) is 5.97. The molecule has 1 nitrogen and oxygen atoms in total. The Kier molecular flexibility index (Phi) is 2.92. The topological polar surface area (TPSA) is 12.0 Å². The van der Waals surface area contributed by atoms with Crippen LogP contribution >= 0.6 is 0 Å². The summed E-state index contributed by atoms with van der Waals surface area (Å²) in [5.74, 6) is 3.14. The van der Waals surface area contributed by atoms with Gasteiger partial charge >= 0.3 is 0 Å². The van der Waals surface area contributed by atoms with Gasteiger partial charge in [-0.05, 0) is 56.9 Å². The molecule has 0 amide bonds. The molecule has 0 saturated heterocycles. The minimum absolute atomic E-state index is 0.828. The number of fused-ring (bicyclic) bond motifs is 1. The van der Waals surface area contributed by atoms with Gasteiger partial charge in [0.2, 0.25) is 0 Å². The number of hydrogen-bond acceptors (Lipinski definition) is 1. The number of hydrogen-bond donors (Lipinski definition) is 1. The summed E-state index contributed by atoms with van der Waals surface area (Å²) in [4.78, 5) is 0. The summed E-state index contributed by atoms with van der Waals surface area (Å²) in [6.07, 6.45) is 8.86. The van der Waals surface area contributed by atoms with E-state index in [-0.39, 0.29) is 0 Å². The van der Waals surface area contributed by atoms with Gasteiger partial charge in [0, 0.05) is 6.04 Å². The number of nitrogens with one attached hydrogen (secondary N) is 1. The van der Waals surface area contributed by atoms with Gasteiger partial charge in [0.25, 0.3) is 0 Å². The van der Waals surface area contributed by atoms with Crippen molar-refractivity contribution in [3.05, 3.63) is 0 Å². The monoisotopic (exact) mass is 181 g/mol. The van der Waals surface area contributed by atoms with Crippen LogP contribution in [0.2, 0.25) is 0 Å². The van der Waals surface area contributed by atoms with Crippen molar-refractivity contribution < 1.29 is 0 Å². The normalized spacial score (nSPS) is 45.7. The van der Waals surface area contributed by atoms with Crippen molar-refractivity contribution in [1.29, 1.82) is 0 Å². The zero-order chi connectivity index (χ0) is 9.26. The fraction of sp³-hybridized carbons (Fsp3) is 1.00. The van der Waals surface area contributed by atoms with Crippen molar-refractivity contribution in [2.45, 2.75) is 51.5 Å². The number of rotatable bonds is 1. The molecule has 0 aromatic rings. The maximum absolute atomic E-state index is 3.45. The molecule has 2 saturated carbocycles. The van der Waals surface area contributed by atoms with Crippen LogP contribution in [0.1, 0.15) is 45.4 Å². The minimum Gasteiger partial charge on any atom is -0.317 e. The summed E-state index contributed by atoms with van der Waals surface area (Å²) in [6.45, 7) is 2.43. The molecule has 2 fully saturated rings. The van der Waals surface area contributed by atoms with Crippen molar-refractivity contribution in [3.8, 4) is 0 Å². The predicted molar refractivity (Wildman–Crippen MR) is 56.7 cm³/mol. The standard InChI is InChI=1S/C12H23N/c1-9-3-4-11-8-12(13-2)6-5-10(11)7-9/h9-13H,3-8H2,1-2H3/t9-,10?,11?,12?/m1/s1. The van der Waals surface area contributed by atoms with Gasteiger partial charge in [-0.25, -0.2) is 0 Å². The Morgan fingerprint density at radius 1 is 0.923 bits per heavy atom. The second-order valence-electron chi connectivity index (χ2n) is 5.24. The fourth-order valence-corrected chi connectivity index (χ4v) is 3.39. The largest absolute Gasteiger partial charge is 0.317 e. The van der Waals surface area contributed by atoms with E-state index in [2.05, 4.69) is 19.3 Å². The molecule has 0 heterocycles. The lowest BCUT2D eigenvalue weighted by Gasteiger charge is -2.41. The van der Waals surface area contributed by atoms with Gasteiger partial charge in [-0.1, -0.05) is 13.3 Å². The molecule has 0 aromatic heterocycles. The van der Waals surface area contributed by atoms with Gasteiger partial charge in [0.15, 0.2) is 0 Å². The van der Waals surface area contributed by atoms with Gasteiger partial charge in [0.05, 0.1) is 0 Å². The fourth-order valence-electron chi connectivity index (χ4n) is 3.39. The van der Waals surface area contributed by atoms with Gasteiger partial charge in [0.1, 0.15) is 0 Å². The molecule has 1 N–H and O–H groups in total. The van der Waals surface area contributed by atoms with Gasteiger partial charge in [-0.3, -0.25) is 0 Å². The van der Waals surface area contributed by atoms with Crippen molar-refractivity contribution in [1.82, 2.24) is 5.32 Å². The lowest BCUT2D eigenvalue weighted by molar-refractivity contribution is 0.118. The molecule has 2 aliphatic rings. The third kappa shape index (κ3) is 2.07. The third-order valence-electron chi connectivity index (χ3n) is 4.28. The molecule has 3 unspecified atom stereocenters. The summed E-state index contributed by atoms with van der Waals surface area (Å²) in [5.41, 5.74) is 0. The Hall–Kier alpha value is -0.0400. The smallest absolute Gasteiger partial charge is 0.00669 e. The van der Waals surface area contributed by atoms with Gasteiger partial charge < -0.3 is 5.32 Å². The van der Waals surface area contributed by atoms with E-state index in [1.807, 2.05) is 0 Å². The second-order valence-corrected chi connectivity index (χ2v) is 5.24. The Bertz CT molecular complexity index is 167. The van der Waals surface area contributed by atoms with Crippen LogP contribution in [0.3, 0.4) is 0 Å². The van der Waals surface area contributed by atoms with E-state index >= 15 is 0 Å². The molecule has 0 aliphatic heterocycles. The Balaban J connectivity index is 1.90. The summed E-state index contributed by atoms with van der Waals surface area (Å²) in [5, 5.41) is 3.45. The van der Waals surface area contributed by atoms with E-state index < -0.39 is 0 Å². The Morgan fingerprint density at radius 2 is 1.62 bits per heavy atom. The lowest BCUT2D eigenvalue weighted by atomic mass is 9.67. The van der Waals surface area contributed by atoms with E-state index in [0.29, 0.717) is 0 Å². The van der Waals surface area contributed by atoms with Crippen molar-refractivity contribution in [2.24, 2.45) is 17.8 Å². The van der Waals surface area contributed by atoms with Crippen LogP contribution < -0.4 is 5.32 Å². The quantitative estimate of drug-likeness (QED) is 0.656. The molecule has 0 aromatic carbocycles. The second kappa shape index (κ2) is 4.00. The Labute approximate surface area is 82.3 Å². The highest BCUT2D eigenvalue weighted by atomic mass is 14.9. The summed E-state index contributed by atoms with van der Waals surface area (Å²) in [6, 6.07) is 0.828. The highest BCUT2D eigenvalue weighted by molar-refractivity contribution is 4.87. The minimum atomic E-state index is 0.828. The molecule has 0 bridgehead atoms. The first kappa shape index (κ1) is 9.51. The van der Waals surface area contributed by atoms with E-state index in [1.54, 1.807) is 0 Å². The maximum atomic E-state index is 3.45. The van der Waals surface area contributed by atoms with E-state index in [0.717, 1.165) is 23.8 Å². The summed E-state index contributed by atoms with van der Waals surface area (Å²) < 4.78 is 0.